The Balaban J connectivity index is 0.00000363. The highest BCUT2D eigenvalue weighted by atomic mass is 127. The largest absolute Gasteiger partial charge is 0.434 e. The molecule has 32 heavy (non-hydrogen) atoms. The number of ether oxygens (including phenoxy) is 1. The molecular weight excluding hydrogens is 538 g/mol. The fraction of sp³-hybridized carbons (Fsp3) is 0.619. The molecule has 0 bridgehead atoms. The molecule has 2 fully saturated rings. The average molecular weight is 569 g/mol. The zero-order valence-electron chi connectivity index (χ0n) is 18.2. The van der Waals surface area contributed by atoms with Crippen LogP contribution in [0.25, 0.3) is 0 Å². The number of benzene rings is 1. The lowest BCUT2D eigenvalue weighted by Gasteiger charge is -2.36. The van der Waals surface area contributed by atoms with Crippen LogP contribution in [0.1, 0.15) is 25.3 Å². The summed E-state index contributed by atoms with van der Waals surface area (Å²) in [4.78, 5) is 22.9. The van der Waals surface area contributed by atoms with E-state index >= 15 is 0 Å². The minimum Gasteiger partial charge on any atom is -0.434 e. The number of nitrogens with one attached hydrogen (secondary N) is 1. The second kappa shape index (κ2) is 13.1. The van der Waals surface area contributed by atoms with Gasteiger partial charge >= 0.3 is 6.61 Å². The number of hydrogen-bond donors (Lipinski definition) is 1. The second-order valence-electron chi connectivity index (χ2n) is 7.62. The number of aliphatic imine (C=N–C) groups is 1. The fourth-order valence-electron chi connectivity index (χ4n) is 3.85. The van der Waals surface area contributed by atoms with Crippen LogP contribution in [0.3, 0.4) is 0 Å². The van der Waals surface area contributed by atoms with E-state index in [1.807, 2.05) is 16.7 Å². The van der Waals surface area contributed by atoms with Crippen LogP contribution < -0.4 is 10.1 Å². The van der Waals surface area contributed by atoms with E-state index in [0.717, 1.165) is 25.9 Å². The molecule has 1 aromatic carbocycles. The molecule has 3 rings (SSSR count). The number of rotatable bonds is 7. The van der Waals surface area contributed by atoms with Gasteiger partial charge in [0.2, 0.25) is 5.91 Å². The van der Waals surface area contributed by atoms with Crippen LogP contribution in [0.5, 0.6) is 5.75 Å². The quantitative estimate of drug-likeness (QED) is 0.311. The van der Waals surface area contributed by atoms with E-state index in [1.165, 1.54) is 18.2 Å². The van der Waals surface area contributed by atoms with E-state index in [2.05, 4.69) is 19.9 Å². The van der Waals surface area contributed by atoms with Crippen molar-refractivity contribution in [1.29, 1.82) is 0 Å². The Morgan fingerprint density at radius 2 is 1.81 bits per heavy atom. The van der Waals surface area contributed by atoms with E-state index in [4.69, 9.17) is 0 Å². The maximum atomic E-state index is 14.2. The molecule has 0 aromatic heterocycles. The summed E-state index contributed by atoms with van der Waals surface area (Å²) in [6.07, 6.45) is 2.15. The molecule has 2 aliphatic rings. The van der Waals surface area contributed by atoms with E-state index in [9.17, 15) is 18.0 Å². The van der Waals surface area contributed by atoms with Gasteiger partial charge in [-0.15, -0.1) is 24.0 Å². The number of halogens is 4. The lowest BCUT2D eigenvalue weighted by Crippen LogP contribution is -2.54. The Labute approximate surface area is 204 Å². The molecular formula is C21H31F3IN5O2. The predicted octanol–water partition coefficient (Wildman–Crippen LogP) is 2.75. The highest BCUT2D eigenvalue weighted by Crippen LogP contribution is 2.24. The Morgan fingerprint density at radius 1 is 1.12 bits per heavy atom. The molecule has 0 unspecified atom stereocenters. The van der Waals surface area contributed by atoms with Crippen molar-refractivity contribution in [1.82, 2.24) is 20.0 Å². The summed E-state index contributed by atoms with van der Waals surface area (Å²) in [5.74, 6) is -0.0836. The molecule has 0 spiro atoms. The summed E-state index contributed by atoms with van der Waals surface area (Å²) in [5.41, 5.74) is -0.00644. The van der Waals surface area contributed by atoms with Crippen LogP contribution in [-0.2, 0) is 11.3 Å². The van der Waals surface area contributed by atoms with Crippen molar-refractivity contribution >= 4 is 35.8 Å². The van der Waals surface area contributed by atoms with E-state index in [1.54, 1.807) is 0 Å². The van der Waals surface area contributed by atoms with E-state index in [-0.39, 0.29) is 47.7 Å². The van der Waals surface area contributed by atoms with Crippen molar-refractivity contribution in [2.75, 3.05) is 52.4 Å². The number of alkyl halides is 2. The Bertz CT molecular complexity index is 770. The van der Waals surface area contributed by atoms with Crippen LogP contribution in [0.15, 0.2) is 23.2 Å². The first-order valence-electron chi connectivity index (χ1n) is 10.7. The molecule has 180 valence electrons. The van der Waals surface area contributed by atoms with Gasteiger partial charge in [0.25, 0.3) is 0 Å². The summed E-state index contributed by atoms with van der Waals surface area (Å²) >= 11 is 0. The number of nitrogens with zero attached hydrogens (tertiary/aromatic N) is 4. The maximum Gasteiger partial charge on any atom is 0.387 e. The first kappa shape index (κ1) is 26.5. The Kier molecular flexibility index (Phi) is 10.8. The third kappa shape index (κ3) is 7.39. The van der Waals surface area contributed by atoms with Gasteiger partial charge in [-0.05, 0) is 31.9 Å². The van der Waals surface area contributed by atoms with Crippen LogP contribution in [0.4, 0.5) is 13.2 Å². The minimum absolute atomic E-state index is 0. The minimum atomic E-state index is -3.03. The SMILES string of the molecule is CCNC(=NCc1c(F)cccc1OC(F)F)N1CCN(CC(=O)N2CCCC2)CC1.I. The fourth-order valence-corrected chi connectivity index (χ4v) is 3.85. The van der Waals surface area contributed by atoms with Gasteiger partial charge in [-0.1, -0.05) is 6.07 Å². The van der Waals surface area contributed by atoms with Gasteiger partial charge in [-0.2, -0.15) is 8.78 Å². The molecule has 1 amide bonds. The topological polar surface area (TPSA) is 60.4 Å². The molecule has 1 N–H and O–H groups in total. The molecule has 2 aliphatic heterocycles. The van der Waals surface area contributed by atoms with Gasteiger partial charge in [-0.3, -0.25) is 9.69 Å². The maximum absolute atomic E-state index is 14.2. The number of guanidine groups is 1. The number of likely N-dealkylation sites (tertiary alicyclic amines) is 1. The average Bonchev–Trinajstić information content (AvgIpc) is 3.28. The van der Waals surface area contributed by atoms with E-state index in [0.29, 0.717) is 45.2 Å². The van der Waals surface area contributed by atoms with Gasteiger partial charge in [0.05, 0.1) is 18.7 Å². The van der Waals surface area contributed by atoms with Gasteiger partial charge < -0.3 is 19.9 Å². The van der Waals surface area contributed by atoms with Crippen molar-refractivity contribution in [3.8, 4) is 5.75 Å². The van der Waals surface area contributed by atoms with Gasteiger partial charge in [0, 0.05) is 45.8 Å². The molecule has 11 heteroatoms. The van der Waals surface area contributed by atoms with Crippen LogP contribution in [0, 0.1) is 5.82 Å². The number of amides is 1. The summed E-state index contributed by atoms with van der Waals surface area (Å²) in [7, 11) is 0. The van der Waals surface area contributed by atoms with Crippen molar-refractivity contribution in [2.45, 2.75) is 32.9 Å². The number of piperazine rings is 1. The third-order valence-electron chi connectivity index (χ3n) is 5.50. The Hall–Kier alpha value is -1.76. The Morgan fingerprint density at radius 3 is 2.44 bits per heavy atom. The van der Waals surface area contributed by atoms with E-state index < -0.39 is 12.4 Å². The van der Waals surface area contributed by atoms with Gasteiger partial charge in [0.15, 0.2) is 5.96 Å². The molecule has 0 atom stereocenters. The van der Waals surface area contributed by atoms with Crippen LogP contribution >= 0.6 is 24.0 Å². The van der Waals surface area contributed by atoms with Crippen molar-refractivity contribution in [3.63, 3.8) is 0 Å². The molecule has 0 saturated carbocycles. The second-order valence-corrected chi connectivity index (χ2v) is 7.62. The number of carbonyl (C=O) groups excluding carboxylic acids is 1. The van der Waals surface area contributed by atoms with Crippen molar-refractivity contribution in [2.24, 2.45) is 4.99 Å². The van der Waals surface area contributed by atoms with Crippen molar-refractivity contribution < 1.29 is 22.7 Å². The highest BCUT2D eigenvalue weighted by molar-refractivity contribution is 14.0. The predicted molar refractivity (Wildman–Crippen MR) is 127 cm³/mol. The zero-order chi connectivity index (χ0) is 22.2. The first-order valence-corrected chi connectivity index (χ1v) is 10.7. The molecule has 0 aliphatic carbocycles. The lowest BCUT2D eigenvalue weighted by atomic mass is 10.2. The first-order chi connectivity index (χ1) is 15.0. The molecule has 7 nitrogen and oxygen atoms in total. The summed E-state index contributed by atoms with van der Waals surface area (Å²) in [6.45, 7) is 4.26. The molecule has 2 heterocycles. The normalized spacial score (nSPS) is 17.5. The number of carbonyl (C=O) groups is 1. The number of hydrogen-bond acceptors (Lipinski definition) is 4. The smallest absolute Gasteiger partial charge is 0.387 e. The summed E-state index contributed by atoms with van der Waals surface area (Å²) in [5, 5.41) is 3.17. The van der Waals surface area contributed by atoms with Crippen molar-refractivity contribution in [3.05, 3.63) is 29.6 Å². The lowest BCUT2D eigenvalue weighted by molar-refractivity contribution is -0.131. The molecule has 2 saturated heterocycles. The molecule has 1 aromatic rings. The van der Waals surface area contributed by atoms with Gasteiger partial charge in [-0.25, -0.2) is 9.38 Å². The summed E-state index contributed by atoms with van der Waals surface area (Å²) in [6, 6.07) is 3.84. The van der Waals surface area contributed by atoms with Crippen LogP contribution in [-0.4, -0.2) is 85.5 Å². The van der Waals surface area contributed by atoms with Gasteiger partial charge in [0.1, 0.15) is 11.6 Å². The highest BCUT2D eigenvalue weighted by Gasteiger charge is 2.24. The zero-order valence-corrected chi connectivity index (χ0v) is 20.6. The standard InChI is InChI=1S/C21H30F3N5O2.HI/c1-2-25-21(26-14-16-17(22)6-5-7-18(16)31-20(23)24)29-12-10-27(11-13-29)15-19(30)28-8-3-4-9-28;/h5-7,20H,2-4,8-15H2,1H3,(H,25,26);1H. The summed E-state index contributed by atoms with van der Waals surface area (Å²) < 4.78 is 43.9. The van der Waals surface area contributed by atoms with Crippen LogP contribution in [0.2, 0.25) is 0 Å². The monoisotopic (exact) mass is 569 g/mol. The molecule has 0 radical (unpaired) electrons. The third-order valence-corrected chi connectivity index (χ3v) is 5.50.